The maximum Gasteiger partial charge on any atom is 0.573 e. The molecule has 0 spiro atoms. The second-order valence-corrected chi connectivity index (χ2v) is 9.44. The lowest BCUT2D eigenvalue weighted by molar-refractivity contribution is -0.274. The lowest BCUT2D eigenvalue weighted by atomic mass is 10.0. The number of hydrogen-bond donors (Lipinski definition) is 2. The van der Waals surface area contributed by atoms with Gasteiger partial charge in [-0.3, -0.25) is 9.69 Å². The van der Waals surface area contributed by atoms with Crippen LogP contribution in [0.5, 0.6) is 5.75 Å². The Morgan fingerprint density at radius 1 is 1.14 bits per heavy atom. The van der Waals surface area contributed by atoms with Crippen LogP contribution in [-0.2, 0) is 11.3 Å². The molecule has 0 saturated carbocycles. The van der Waals surface area contributed by atoms with Crippen molar-refractivity contribution in [3.63, 3.8) is 0 Å². The van der Waals surface area contributed by atoms with Gasteiger partial charge in [-0.15, -0.1) is 13.2 Å². The number of alkyl halides is 3. The number of aliphatic hydroxyl groups excluding tert-OH is 1. The molecule has 1 unspecified atom stereocenters. The second-order valence-electron chi connectivity index (χ2n) is 9.44. The van der Waals surface area contributed by atoms with E-state index < -0.39 is 6.36 Å². The average Bonchev–Trinajstić information content (AvgIpc) is 3.36. The number of aromatic nitrogens is 2. The normalized spacial score (nSPS) is 18.8. The Balaban J connectivity index is 1.19. The Morgan fingerprint density at radius 2 is 1.89 bits per heavy atom. The second kappa shape index (κ2) is 12.4. The fraction of sp³-hybridized carbons (Fsp3) is 0.560. The van der Waals surface area contributed by atoms with Crippen molar-refractivity contribution in [2.24, 2.45) is 5.92 Å². The molecule has 2 aliphatic heterocycles. The number of carbonyl (C=O) groups excluding carboxylic acids is 1. The number of anilines is 2. The molecule has 12 heteroatoms. The number of amides is 1. The fourth-order valence-corrected chi connectivity index (χ4v) is 4.74. The van der Waals surface area contributed by atoms with Gasteiger partial charge in [-0.1, -0.05) is 12.1 Å². The highest BCUT2D eigenvalue weighted by Crippen LogP contribution is 2.24. The number of nitrogens with one attached hydrogen (secondary N) is 1. The van der Waals surface area contributed by atoms with E-state index in [1.54, 1.807) is 18.5 Å². The zero-order valence-electron chi connectivity index (χ0n) is 20.7. The van der Waals surface area contributed by atoms with Gasteiger partial charge in [0.2, 0.25) is 11.9 Å². The van der Waals surface area contributed by atoms with Gasteiger partial charge in [0.05, 0.1) is 24.6 Å². The molecule has 2 aromatic rings. The predicted octanol–water partition coefficient (Wildman–Crippen LogP) is 2.73. The highest BCUT2D eigenvalue weighted by molar-refractivity contribution is 5.78. The first kappa shape index (κ1) is 26.9. The molecule has 2 aliphatic rings. The van der Waals surface area contributed by atoms with Crippen molar-refractivity contribution in [2.75, 3.05) is 62.6 Å². The minimum Gasteiger partial charge on any atom is -0.406 e. The van der Waals surface area contributed by atoms with Crippen LogP contribution in [0.2, 0.25) is 0 Å². The van der Waals surface area contributed by atoms with Crippen LogP contribution >= 0.6 is 0 Å². The van der Waals surface area contributed by atoms with E-state index >= 15 is 0 Å². The SMILES string of the molecule is O=C(CN1CCN(c2cnc(NCc3cccc(OC(F)(F)F)c3)nc2)CC1)N1CCC(CCCO)C1. The summed E-state index contributed by atoms with van der Waals surface area (Å²) >= 11 is 0. The molecule has 2 fully saturated rings. The van der Waals surface area contributed by atoms with E-state index in [4.69, 9.17) is 5.11 Å². The van der Waals surface area contributed by atoms with E-state index in [-0.39, 0.29) is 24.8 Å². The topological polar surface area (TPSA) is 94.1 Å². The van der Waals surface area contributed by atoms with Crippen LogP contribution in [0.15, 0.2) is 36.7 Å². The molecule has 37 heavy (non-hydrogen) atoms. The largest absolute Gasteiger partial charge is 0.573 e. The summed E-state index contributed by atoms with van der Waals surface area (Å²) in [4.78, 5) is 27.7. The van der Waals surface area contributed by atoms with E-state index in [0.717, 1.165) is 64.2 Å². The predicted molar refractivity (Wildman–Crippen MR) is 132 cm³/mol. The maximum atomic E-state index is 12.7. The van der Waals surface area contributed by atoms with Crippen molar-refractivity contribution < 1.29 is 27.8 Å². The summed E-state index contributed by atoms with van der Waals surface area (Å²) in [6.45, 7) is 5.53. The van der Waals surface area contributed by atoms with Gasteiger partial charge in [0.15, 0.2) is 0 Å². The molecule has 9 nitrogen and oxygen atoms in total. The van der Waals surface area contributed by atoms with Crippen molar-refractivity contribution in [2.45, 2.75) is 32.2 Å². The monoisotopic (exact) mass is 522 g/mol. The van der Waals surface area contributed by atoms with Crippen LogP contribution in [0.3, 0.4) is 0 Å². The smallest absolute Gasteiger partial charge is 0.406 e. The van der Waals surface area contributed by atoms with Crippen LogP contribution in [0.1, 0.15) is 24.8 Å². The van der Waals surface area contributed by atoms with E-state index in [9.17, 15) is 18.0 Å². The molecule has 1 aromatic carbocycles. The molecule has 2 saturated heterocycles. The minimum absolute atomic E-state index is 0.175. The third-order valence-electron chi connectivity index (χ3n) is 6.73. The lowest BCUT2D eigenvalue weighted by Gasteiger charge is -2.36. The van der Waals surface area contributed by atoms with Crippen molar-refractivity contribution >= 4 is 17.5 Å². The average molecular weight is 523 g/mol. The zero-order valence-corrected chi connectivity index (χ0v) is 20.7. The summed E-state index contributed by atoms with van der Waals surface area (Å²) in [5, 5.41) is 12.0. The van der Waals surface area contributed by atoms with E-state index in [0.29, 0.717) is 24.0 Å². The van der Waals surface area contributed by atoms with E-state index in [2.05, 4.69) is 29.8 Å². The maximum absolute atomic E-state index is 12.7. The van der Waals surface area contributed by atoms with Crippen LogP contribution in [-0.4, -0.2) is 89.6 Å². The Bertz CT molecular complexity index is 1020. The van der Waals surface area contributed by atoms with Gasteiger partial charge in [0, 0.05) is 52.4 Å². The van der Waals surface area contributed by atoms with Crippen LogP contribution in [0, 0.1) is 5.92 Å². The molecule has 1 atom stereocenters. The van der Waals surface area contributed by atoms with E-state index in [1.807, 2.05) is 4.90 Å². The molecule has 202 valence electrons. The molecule has 0 bridgehead atoms. The number of likely N-dealkylation sites (tertiary alicyclic amines) is 1. The standard InChI is InChI=1S/C25H33F3N6O3/c26-25(27,28)37-22-5-1-3-20(13-22)14-29-24-30-15-21(16-31-24)33-10-8-32(9-11-33)18-23(36)34-7-6-19(17-34)4-2-12-35/h1,3,5,13,15-16,19,35H,2,4,6-12,14,17-18H2,(H,29,30,31). The molecule has 0 aliphatic carbocycles. The van der Waals surface area contributed by atoms with Gasteiger partial charge in [-0.2, -0.15) is 0 Å². The molecule has 4 rings (SSSR count). The Hall–Kier alpha value is -3.12. The lowest BCUT2D eigenvalue weighted by Crippen LogP contribution is -2.50. The molecule has 2 N–H and O–H groups in total. The number of ether oxygens (including phenoxy) is 1. The Morgan fingerprint density at radius 3 is 2.59 bits per heavy atom. The summed E-state index contributed by atoms with van der Waals surface area (Å²) in [6.07, 6.45) is 1.49. The highest BCUT2D eigenvalue weighted by atomic mass is 19.4. The summed E-state index contributed by atoms with van der Waals surface area (Å²) in [5.41, 5.74) is 1.48. The summed E-state index contributed by atoms with van der Waals surface area (Å²) < 4.78 is 41.2. The number of carbonyl (C=O) groups is 1. The number of piperazine rings is 1. The van der Waals surface area contributed by atoms with Gasteiger partial charge >= 0.3 is 6.36 Å². The number of rotatable bonds is 10. The summed E-state index contributed by atoms with van der Waals surface area (Å²) in [5.74, 6) is 0.776. The van der Waals surface area contributed by atoms with Crippen LogP contribution in [0.4, 0.5) is 24.8 Å². The van der Waals surface area contributed by atoms with Gasteiger partial charge in [0.25, 0.3) is 0 Å². The number of hydrogen-bond acceptors (Lipinski definition) is 8. The first-order chi connectivity index (χ1) is 17.8. The van der Waals surface area contributed by atoms with Gasteiger partial charge in [-0.05, 0) is 42.9 Å². The Kier molecular flexibility index (Phi) is 9.04. The number of halogens is 3. The summed E-state index contributed by atoms with van der Waals surface area (Å²) in [7, 11) is 0. The fourth-order valence-electron chi connectivity index (χ4n) is 4.74. The van der Waals surface area contributed by atoms with Gasteiger partial charge in [-0.25, -0.2) is 9.97 Å². The molecule has 3 heterocycles. The third kappa shape index (κ3) is 8.19. The molecule has 0 radical (unpaired) electrons. The van der Waals surface area contributed by atoms with E-state index in [1.165, 1.54) is 18.2 Å². The van der Waals surface area contributed by atoms with Crippen molar-refractivity contribution in [1.82, 2.24) is 19.8 Å². The van der Waals surface area contributed by atoms with Crippen molar-refractivity contribution in [3.05, 3.63) is 42.2 Å². The van der Waals surface area contributed by atoms with Crippen LogP contribution < -0.4 is 15.0 Å². The number of nitrogens with zero attached hydrogens (tertiary/aromatic N) is 5. The van der Waals surface area contributed by atoms with Gasteiger partial charge in [0.1, 0.15) is 5.75 Å². The third-order valence-corrected chi connectivity index (χ3v) is 6.73. The Labute approximate surface area is 214 Å². The van der Waals surface area contributed by atoms with Crippen LogP contribution in [0.25, 0.3) is 0 Å². The molecular formula is C25H33F3N6O3. The first-order valence-corrected chi connectivity index (χ1v) is 12.6. The quantitative estimate of drug-likeness (QED) is 0.492. The molecular weight excluding hydrogens is 489 g/mol. The molecule has 1 aromatic heterocycles. The first-order valence-electron chi connectivity index (χ1n) is 12.6. The van der Waals surface area contributed by atoms with Crippen molar-refractivity contribution in [1.29, 1.82) is 0 Å². The van der Waals surface area contributed by atoms with Crippen molar-refractivity contribution in [3.8, 4) is 5.75 Å². The number of aliphatic hydroxyl groups is 1. The molecule has 1 amide bonds. The zero-order chi connectivity index (χ0) is 26.3. The minimum atomic E-state index is -4.73. The number of benzene rings is 1. The highest BCUT2D eigenvalue weighted by Gasteiger charge is 2.31. The van der Waals surface area contributed by atoms with Gasteiger partial charge < -0.3 is 25.0 Å². The summed E-state index contributed by atoms with van der Waals surface area (Å²) in [6, 6.07) is 5.75.